The summed E-state index contributed by atoms with van der Waals surface area (Å²) in [6.45, 7) is -4.40. The van der Waals surface area contributed by atoms with Gasteiger partial charge in [0.25, 0.3) is 0 Å². The third-order valence-electron chi connectivity index (χ3n) is 6.27. The van der Waals surface area contributed by atoms with Crippen LogP contribution in [0, 0.1) is 0 Å². The summed E-state index contributed by atoms with van der Waals surface area (Å²) in [5, 5.41) is 109. The summed E-state index contributed by atoms with van der Waals surface area (Å²) in [5.41, 5.74) is 0. The second kappa shape index (κ2) is 10.8. The van der Waals surface area contributed by atoms with E-state index in [4.69, 9.17) is 23.7 Å². The molecular weight excluding hydrogens is 472 g/mol. The van der Waals surface area contributed by atoms with E-state index in [9.17, 15) is 56.2 Å². The van der Waals surface area contributed by atoms with Crippen LogP contribution in [0.1, 0.15) is 0 Å². The largest absolute Gasteiger partial charge is 0.394 e. The van der Waals surface area contributed by atoms with Gasteiger partial charge in [-0.15, -0.1) is 0 Å². The van der Waals surface area contributed by atoms with Crippen LogP contribution in [-0.2, 0) is 23.7 Å². The van der Waals surface area contributed by atoms with Gasteiger partial charge in [0.1, 0.15) is 74.3 Å². The van der Waals surface area contributed by atoms with Crippen molar-refractivity contribution in [3.8, 4) is 0 Å². The molecule has 0 aromatic rings. The molecule has 3 rings (SSSR count). The van der Waals surface area contributed by atoms with Gasteiger partial charge in [-0.2, -0.15) is 0 Å². The van der Waals surface area contributed by atoms with Crippen LogP contribution in [0.5, 0.6) is 0 Å². The first-order valence-electron chi connectivity index (χ1n) is 10.5. The number of ether oxygens (including phenoxy) is 5. The second-order valence-electron chi connectivity index (χ2n) is 8.43. The van der Waals surface area contributed by atoms with Gasteiger partial charge < -0.3 is 79.9 Å². The first kappa shape index (κ1) is 27.9. The van der Waals surface area contributed by atoms with Crippen molar-refractivity contribution in [3.05, 3.63) is 0 Å². The van der Waals surface area contributed by atoms with Gasteiger partial charge in [-0.3, -0.25) is 0 Å². The Balaban J connectivity index is 1.87. The number of hydrogen-bond donors (Lipinski definition) is 11. The SMILES string of the molecule is OCC1O[C@H](O[C@]2(CO[C@]3(CO)O[C@H](CO)C(O)[C@H]3O)O[C@H](CO)C(O)[C@H]2O)C(O)[C@@H](O)[C@@H]1O. The lowest BCUT2D eigenvalue weighted by molar-refractivity contribution is -0.399. The highest BCUT2D eigenvalue weighted by Crippen LogP contribution is 2.39. The van der Waals surface area contributed by atoms with Gasteiger partial charge in [0.05, 0.1) is 19.8 Å². The number of aliphatic hydroxyl groups excluding tert-OH is 11. The third-order valence-corrected chi connectivity index (χ3v) is 6.27. The van der Waals surface area contributed by atoms with Crippen molar-refractivity contribution in [1.29, 1.82) is 0 Å². The van der Waals surface area contributed by atoms with E-state index in [1.807, 2.05) is 0 Å². The molecule has 3 aliphatic rings. The minimum Gasteiger partial charge on any atom is -0.394 e. The summed E-state index contributed by atoms with van der Waals surface area (Å²) in [5.74, 6) is -4.84. The van der Waals surface area contributed by atoms with E-state index in [1.165, 1.54) is 0 Å². The maximum atomic E-state index is 10.7. The second-order valence-corrected chi connectivity index (χ2v) is 8.43. The minimum atomic E-state index is -2.49. The van der Waals surface area contributed by atoms with Crippen molar-refractivity contribution in [3.63, 3.8) is 0 Å². The van der Waals surface area contributed by atoms with Gasteiger partial charge in [-0.1, -0.05) is 0 Å². The van der Waals surface area contributed by atoms with E-state index in [0.29, 0.717) is 0 Å². The standard InChI is InChI=1S/C18H32O16/c19-1-6-9(23)12(26)13(27)16(31-6)34-18(15(29)11(25)8(3-21)33-18)5-30-17(4-22)14(28)10(24)7(2-20)32-17/h6-16,19-29H,1-5H2/t6?,7-,8-,9-,10?,11?,12+,13?,14-,15-,16-,17-,18+/m1/s1. The van der Waals surface area contributed by atoms with Crippen LogP contribution in [0.2, 0.25) is 0 Å². The molecule has 200 valence electrons. The number of rotatable bonds is 9. The molecule has 3 saturated heterocycles. The van der Waals surface area contributed by atoms with Gasteiger partial charge in [-0.25, -0.2) is 0 Å². The molecule has 0 aromatic carbocycles. The van der Waals surface area contributed by atoms with E-state index in [-0.39, 0.29) is 0 Å². The quantitative estimate of drug-likeness (QED) is 0.139. The summed E-state index contributed by atoms with van der Waals surface area (Å²) in [7, 11) is 0. The Hall–Kier alpha value is -0.640. The smallest absolute Gasteiger partial charge is 0.224 e. The lowest BCUT2D eigenvalue weighted by atomic mass is 9.99. The van der Waals surface area contributed by atoms with Crippen LogP contribution >= 0.6 is 0 Å². The maximum absolute atomic E-state index is 10.7. The van der Waals surface area contributed by atoms with Crippen LogP contribution < -0.4 is 0 Å². The maximum Gasteiger partial charge on any atom is 0.224 e. The fourth-order valence-corrected chi connectivity index (χ4v) is 4.14. The topological polar surface area (TPSA) is 269 Å². The summed E-state index contributed by atoms with van der Waals surface area (Å²) >= 11 is 0. The Kier molecular flexibility index (Phi) is 8.85. The lowest BCUT2D eigenvalue weighted by Gasteiger charge is -2.44. The van der Waals surface area contributed by atoms with Crippen LogP contribution in [-0.4, -0.2) is 168 Å². The molecule has 4 unspecified atom stereocenters. The fraction of sp³-hybridized carbons (Fsp3) is 1.00. The Morgan fingerprint density at radius 3 is 1.56 bits per heavy atom. The van der Waals surface area contributed by atoms with E-state index < -0.39 is 112 Å². The summed E-state index contributed by atoms with van der Waals surface area (Å²) in [6, 6.07) is 0. The fourth-order valence-electron chi connectivity index (χ4n) is 4.14. The molecule has 16 nitrogen and oxygen atoms in total. The molecule has 34 heavy (non-hydrogen) atoms. The van der Waals surface area contributed by atoms with Crippen LogP contribution in [0.4, 0.5) is 0 Å². The molecule has 3 heterocycles. The van der Waals surface area contributed by atoms with Gasteiger partial charge in [-0.05, 0) is 0 Å². The van der Waals surface area contributed by atoms with Crippen LogP contribution in [0.25, 0.3) is 0 Å². The monoisotopic (exact) mass is 504 g/mol. The molecule has 0 aliphatic carbocycles. The molecule has 0 amide bonds. The van der Waals surface area contributed by atoms with Gasteiger partial charge in [0.15, 0.2) is 6.29 Å². The van der Waals surface area contributed by atoms with Crippen LogP contribution in [0.15, 0.2) is 0 Å². The predicted octanol–water partition coefficient (Wildman–Crippen LogP) is -7.57. The highest BCUT2D eigenvalue weighted by molar-refractivity contribution is 5.01. The first-order chi connectivity index (χ1) is 16.0. The zero-order chi connectivity index (χ0) is 25.4. The molecule has 0 spiro atoms. The van der Waals surface area contributed by atoms with E-state index in [2.05, 4.69) is 0 Å². The van der Waals surface area contributed by atoms with E-state index in [0.717, 1.165) is 0 Å². The highest BCUT2D eigenvalue weighted by Gasteiger charge is 2.62. The molecule has 13 atom stereocenters. The first-order valence-corrected chi connectivity index (χ1v) is 10.5. The zero-order valence-corrected chi connectivity index (χ0v) is 17.8. The van der Waals surface area contributed by atoms with Crippen molar-refractivity contribution < 1.29 is 79.9 Å². The molecule has 0 bridgehead atoms. The zero-order valence-electron chi connectivity index (χ0n) is 17.8. The molecule has 0 radical (unpaired) electrons. The van der Waals surface area contributed by atoms with Crippen LogP contribution in [0.3, 0.4) is 0 Å². The molecule has 0 saturated carbocycles. The van der Waals surface area contributed by atoms with Gasteiger partial charge in [0.2, 0.25) is 11.6 Å². The normalized spacial score (nSPS) is 51.8. The third kappa shape index (κ3) is 4.71. The Labute approximate surface area is 192 Å². The van der Waals surface area contributed by atoms with E-state index in [1.54, 1.807) is 0 Å². The predicted molar refractivity (Wildman–Crippen MR) is 101 cm³/mol. The Morgan fingerprint density at radius 2 is 1.09 bits per heavy atom. The van der Waals surface area contributed by atoms with Gasteiger partial charge in [0, 0.05) is 0 Å². The molecule has 16 heteroatoms. The number of hydrogen-bond acceptors (Lipinski definition) is 16. The average Bonchev–Trinajstić information content (AvgIpc) is 3.23. The molecular formula is C18H32O16. The minimum absolute atomic E-state index is 0.750. The molecule has 3 aliphatic heterocycles. The average molecular weight is 504 g/mol. The lowest BCUT2D eigenvalue weighted by Crippen LogP contribution is -2.63. The highest BCUT2D eigenvalue weighted by atomic mass is 16.8. The number of aliphatic hydroxyl groups is 11. The summed E-state index contributed by atoms with van der Waals surface area (Å²) in [4.78, 5) is 0. The van der Waals surface area contributed by atoms with Crippen molar-refractivity contribution in [2.75, 3.05) is 33.0 Å². The van der Waals surface area contributed by atoms with Gasteiger partial charge >= 0.3 is 0 Å². The van der Waals surface area contributed by atoms with Crippen molar-refractivity contribution in [1.82, 2.24) is 0 Å². The molecule has 11 N–H and O–H groups in total. The Bertz CT molecular complexity index is 668. The van der Waals surface area contributed by atoms with Crippen molar-refractivity contribution >= 4 is 0 Å². The summed E-state index contributed by atoms with van der Waals surface area (Å²) < 4.78 is 26.9. The van der Waals surface area contributed by atoms with E-state index >= 15 is 0 Å². The molecule has 0 aromatic heterocycles. The Morgan fingerprint density at radius 1 is 0.588 bits per heavy atom. The summed E-state index contributed by atoms with van der Waals surface area (Å²) in [6.07, 6.45) is -19.0. The molecule has 3 fully saturated rings. The van der Waals surface area contributed by atoms with Crippen molar-refractivity contribution in [2.45, 2.75) is 78.9 Å². The van der Waals surface area contributed by atoms with Crippen molar-refractivity contribution in [2.24, 2.45) is 0 Å².